The number of hydrogen-bond donors (Lipinski definition) is 0. The fraction of sp³-hybridized carbons (Fsp3) is 0.471. The molecule has 5 rings (SSSR count). The first-order chi connectivity index (χ1) is 18.1. The molecule has 0 radical (unpaired) electrons. The van der Waals surface area contributed by atoms with Crippen LogP contribution in [0.5, 0.6) is 5.75 Å². The summed E-state index contributed by atoms with van der Waals surface area (Å²) in [5.41, 5.74) is 3.61. The minimum absolute atomic E-state index is 0.130. The van der Waals surface area contributed by atoms with Crippen molar-refractivity contribution in [2.75, 3.05) is 0 Å². The van der Waals surface area contributed by atoms with Gasteiger partial charge in [0, 0.05) is 0 Å². The molecular formula is C34H40F2O. The van der Waals surface area contributed by atoms with E-state index in [0.717, 1.165) is 28.9 Å². The van der Waals surface area contributed by atoms with E-state index in [9.17, 15) is 8.78 Å². The van der Waals surface area contributed by atoms with Crippen molar-refractivity contribution in [2.45, 2.75) is 83.7 Å². The Kier molecular flexibility index (Phi) is 8.59. The molecule has 1 nitrogen and oxygen atoms in total. The van der Waals surface area contributed by atoms with Crippen LogP contribution in [0.2, 0.25) is 0 Å². The van der Waals surface area contributed by atoms with Crippen LogP contribution in [0.1, 0.15) is 88.2 Å². The highest BCUT2D eigenvalue weighted by atomic mass is 19.1. The van der Waals surface area contributed by atoms with Crippen LogP contribution in [0.15, 0.2) is 66.7 Å². The Morgan fingerprint density at radius 1 is 0.757 bits per heavy atom. The van der Waals surface area contributed by atoms with E-state index in [2.05, 4.69) is 19.1 Å². The third kappa shape index (κ3) is 6.43. The van der Waals surface area contributed by atoms with E-state index >= 15 is 0 Å². The van der Waals surface area contributed by atoms with E-state index in [-0.39, 0.29) is 12.4 Å². The number of rotatable bonds is 9. The zero-order chi connectivity index (χ0) is 25.6. The summed E-state index contributed by atoms with van der Waals surface area (Å²) in [7, 11) is 0. The molecule has 196 valence electrons. The van der Waals surface area contributed by atoms with Crippen LogP contribution in [-0.2, 0) is 6.61 Å². The van der Waals surface area contributed by atoms with Crippen molar-refractivity contribution in [1.82, 2.24) is 0 Å². The fourth-order valence-electron chi connectivity index (χ4n) is 6.78. The largest absolute Gasteiger partial charge is 0.483 e. The van der Waals surface area contributed by atoms with Gasteiger partial charge >= 0.3 is 0 Å². The van der Waals surface area contributed by atoms with Gasteiger partial charge in [0.15, 0.2) is 17.4 Å². The van der Waals surface area contributed by atoms with Gasteiger partial charge in [0.25, 0.3) is 0 Å². The summed E-state index contributed by atoms with van der Waals surface area (Å²) < 4.78 is 35.0. The molecule has 0 aromatic heterocycles. The van der Waals surface area contributed by atoms with Crippen LogP contribution in [0, 0.1) is 29.4 Å². The molecule has 3 aromatic rings. The fourth-order valence-corrected chi connectivity index (χ4v) is 6.78. The molecule has 2 aliphatic carbocycles. The first kappa shape index (κ1) is 25.9. The number of halogens is 2. The first-order valence-electron chi connectivity index (χ1n) is 14.4. The molecule has 4 unspecified atom stereocenters. The lowest BCUT2D eigenvalue weighted by Crippen LogP contribution is -2.30. The smallest absolute Gasteiger partial charge is 0.191 e. The number of ether oxygens (including phenoxy) is 1. The van der Waals surface area contributed by atoms with Crippen molar-refractivity contribution in [3.05, 3.63) is 89.5 Å². The van der Waals surface area contributed by atoms with Gasteiger partial charge in [0.2, 0.25) is 0 Å². The topological polar surface area (TPSA) is 9.23 Å². The van der Waals surface area contributed by atoms with Crippen LogP contribution in [0.25, 0.3) is 11.1 Å². The minimum Gasteiger partial charge on any atom is -0.483 e. The SMILES string of the molecule is CCCCCC1CCC2CC(c3ccc(-c4cc(F)c(OCc5ccccc5)c(F)c4)cc3)CCC2C1. The summed E-state index contributed by atoms with van der Waals surface area (Å²) in [6.07, 6.45) is 13.7. The lowest BCUT2D eigenvalue weighted by Gasteiger charge is -2.42. The Bertz CT molecular complexity index is 1120. The molecule has 3 aromatic carbocycles. The van der Waals surface area contributed by atoms with Crippen molar-refractivity contribution in [3.63, 3.8) is 0 Å². The number of unbranched alkanes of at least 4 members (excludes halogenated alkanes) is 2. The average Bonchev–Trinajstić information content (AvgIpc) is 2.93. The molecule has 0 N–H and O–H groups in total. The summed E-state index contributed by atoms with van der Waals surface area (Å²) >= 11 is 0. The molecule has 37 heavy (non-hydrogen) atoms. The van der Waals surface area contributed by atoms with Crippen LogP contribution in [0.3, 0.4) is 0 Å². The van der Waals surface area contributed by atoms with Crippen molar-refractivity contribution < 1.29 is 13.5 Å². The molecular weight excluding hydrogens is 462 g/mol. The van der Waals surface area contributed by atoms with E-state index in [1.165, 1.54) is 81.9 Å². The lowest BCUT2D eigenvalue weighted by molar-refractivity contribution is 0.113. The Hall–Kier alpha value is -2.68. The molecule has 0 heterocycles. The Balaban J connectivity index is 1.19. The number of hydrogen-bond acceptors (Lipinski definition) is 1. The van der Waals surface area contributed by atoms with Crippen molar-refractivity contribution in [1.29, 1.82) is 0 Å². The van der Waals surface area contributed by atoms with Gasteiger partial charge in [-0.25, -0.2) is 8.78 Å². The standard InChI is InChI=1S/C34H40F2O/c1-2-3-5-8-24-11-12-30-20-29(18-17-28(30)19-24)26-13-15-27(16-14-26)31-21-32(35)34(33(36)22-31)37-23-25-9-6-4-7-10-25/h4,6-7,9-10,13-16,21-22,24,28-30H,2-3,5,8,11-12,17-20,23H2,1H3. The van der Waals surface area contributed by atoms with E-state index in [1.807, 2.05) is 42.5 Å². The lowest BCUT2D eigenvalue weighted by atomic mass is 9.63. The monoisotopic (exact) mass is 502 g/mol. The molecule has 2 saturated carbocycles. The molecule has 2 aliphatic rings. The third-order valence-electron chi connectivity index (χ3n) is 8.88. The van der Waals surface area contributed by atoms with Crippen LogP contribution < -0.4 is 4.74 Å². The molecule has 0 amide bonds. The van der Waals surface area contributed by atoms with Gasteiger partial charge < -0.3 is 4.74 Å². The Morgan fingerprint density at radius 3 is 2.19 bits per heavy atom. The van der Waals surface area contributed by atoms with Crippen molar-refractivity contribution >= 4 is 0 Å². The van der Waals surface area contributed by atoms with Crippen LogP contribution in [-0.4, -0.2) is 0 Å². The summed E-state index contributed by atoms with van der Waals surface area (Å²) in [4.78, 5) is 0. The van der Waals surface area contributed by atoms with E-state index in [4.69, 9.17) is 4.74 Å². The first-order valence-corrected chi connectivity index (χ1v) is 14.4. The third-order valence-corrected chi connectivity index (χ3v) is 8.88. The van der Waals surface area contributed by atoms with Gasteiger partial charge in [0.05, 0.1) is 0 Å². The molecule has 0 bridgehead atoms. The summed E-state index contributed by atoms with van der Waals surface area (Å²) in [6.45, 7) is 2.42. The molecule has 0 aliphatic heterocycles. The summed E-state index contributed by atoms with van der Waals surface area (Å²) in [6, 6.07) is 20.5. The van der Waals surface area contributed by atoms with Crippen molar-refractivity contribution in [2.24, 2.45) is 17.8 Å². The Labute approximate surface area is 221 Å². The maximum absolute atomic E-state index is 14.8. The van der Waals surface area contributed by atoms with Gasteiger partial charge in [-0.1, -0.05) is 93.6 Å². The van der Waals surface area contributed by atoms with E-state index < -0.39 is 11.6 Å². The van der Waals surface area contributed by atoms with E-state index in [1.54, 1.807) is 0 Å². The molecule has 0 spiro atoms. The van der Waals surface area contributed by atoms with Crippen molar-refractivity contribution in [3.8, 4) is 16.9 Å². The van der Waals surface area contributed by atoms with E-state index in [0.29, 0.717) is 11.5 Å². The maximum atomic E-state index is 14.8. The number of fused-ring (bicyclic) bond motifs is 1. The highest BCUT2D eigenvalue weighted by molar-refractivity contribution is 5.65. The van der Waals surface area contributed by atoms with Gasteiger partial charge in [-0.05, 0) is 90.2 Å². The molecule has 2 fully saturated rings. The van der Waals surface area contributed by atoms with Gasteiger partial charge in [0.1, 0.15) is 6.61 Å². The summed E-state index contributed by atoms with van der Waals surface area (Å²) in [5.74, 6) is 1.70. The molecule has 4 atom stereocenters. The van der Waals surface area contributed by atoms with Crippen LogP contribution >= 0.6 is 0 Å². The normalized spacial score (nSPS) is 23.4. The zero-order valence-corrected chi connectivity index (χ0v) is 22.1. The summed E-state index contributed by atoms with van der Waals surface area (Å²) in [5, 5.41) is 0. The number of benzene rings is 3. The Morgan fingerprint density at radius 2 is 1.46 bits per heavy atom. The predicted octanol–water partition coefficient (Wildman–Crippen LogP) is 10.1. The van der Waals surface area contributed by atoms with Gasteiger partial charge in [-0.3, -0.25) is 0 Å². The highest BCUT2D eigenvalue weighted by Gasteiger charge is 2.35. The predicted molar refractivity (Wildman–Crippen MR) is 148 cm³/mol. The van der Waals surface area contributed by atoms with Gasteiger partial charge in [-0.2, -0.15) is 0 Å². The zero-order valence-electron chi connectivity index (χ0n) is 22.1. The van der Waals surface area contributed by atoms with Crippen LogP contribution in [0.4, 0.5) is 8.78 Å². The maximum Gasteiger partial charge on any atom is 0.191 e. The van der Waals surface area contributed by atoms with Gasteiger partial charge in [-0.15, -0.1) is 0 Å². The average molecular weight is 503 g/mol. The quantitative estimate of drug-likeness (QED) is 0.265. The highest BCUT2D eigenvalue weighted by Crippen LogP contribution is 2.48. The second-order valence-corrected chi connectivity index (χ2v) is 11.4. The second kappa shape index (κ2) is 12.2. The minimum atomic E-state index is -0.668. The molecule has 0 saturated heterocycles. The second-order valence-electron chi connectivity index (χ2n) is 11.4. The molecule has 3 heteroatoms.